The Kier molecular flexibility index (Phi) is 4.19. The molecule has 0 amide bonds. The van der Waals surface area contributed by atoms with Crippen molar-refractivity contribution in [1.29, 1.82) is 0 Å². The predicted octanol–water partition coefficient (Wildman–Crippen LogP) is 3.88. The van der Waals surface area contributed by atoms with E-state index in [0.29, 0.717) is 24.5 Å². The Morgan fingerprint density at radius 2 is 1.73 bits per heavy atom. The number of ether oxygens (including phenoxy) is 2. The van der Waals surface area contributed by atoms with Crippen LogP contribution in [0.4, 0.5) is 4.39 Å². The fourth-order valence-corrected chi connectivity index (χ4v) is 2.17. The molecule has 112 valence electrons. The van der Waals surface area contributed by atoms with Gasteiger partial charge in [0.1, 0.15) is 5.82 Å². The second-order valence-electron chi connectivity index (χ2n) is 4.96. The molecule has 0 aromatic heterocycles. The second-order valence-corrected chi connectivity index (χ2v) is 4.96. The molecule has 0 saturated heterocycles. The standard InChI is InChI=1S/C18H15FO3/c19-15-6-4-14(5-7-15)16(20)8-2-13-3-9-17-18(12-13)22-11-1-10-21-17/h2-9,12H,1,10-11H2/b8-2+. The number of carbonyl (C=O) groups excluding carboxylic acids is 1. The lowest BCUT2D eigenvalue weighted by molar-refractivity contribution is 0.104. The molecule has 3 rings (SSSR count). The Labute approximate surface area is 128 Å². The fourth-order valence-electron chi connectivity index (χ4n) is 2.17. The molecule has 2 aromatic carbocycles. The maximum Gasteiger partial charge on any atom is 0.185 e. The molecule has 0 unspecified atom stereocenters. The van der Waals surface area contributed by atoms with E-state index in [1.807, 2.05) is 18.2 Å². The molecule has 0 radical (unpaired) electrons. The number of fused-ring (bicyclic) bond motifs is 1. The Morgan fingerprint density at radius 1 is 1.00 bits per heavy atom. The third-order valence-electron chi connectivity index (χ3n) is 3.33. The van der Waals surface area contributed by atoms with Crippen LogP contribution in [-0.4, -0.2) is 19.0 Å². The van der Waals surface area contributed by atoms with E-state index in [1.165, 1.54) is 30.3 Å². The summed E-state index contributed by atoms with van der Waals surface area (Å²) in [6, 6.07) is 11.0. The minimum atomic E-state index is -0.358. The van der Waals surface area contributed by atoms with Crippen molar-refractivity contribution in [2.75, 3.05) is 13.2 Å². The molecule has 0 fully saturated rings. The zero-order chi connectivity index (χ0) is 15.4. The zero-order valence-corrected chi connectivity index (χ0v) is 11.9. The van der Waals surface area contributed by atoms with Gasteiger partial charge in [-0.05, 0) is 48.0 Å². The lowest BCUT2D eigenvalue weighted by atomic mass is 10.1. The Morgan fingerprint density at radius 3 is 2.50 bits per heavy atom. The quantitative estimate of drug-likeness (QED) is 0.637. The SMILES string of the molecule is O=C(/C=C/c1ccc2c(c1)OCCCO2)c1ccc(F)cc1. The molecule has 22 heavy (non-hydrogen) atoms. The van der Waals surface area contributed by atoms with Crippen molar-refractivity contribution in [3.63, 3.8) is 0 Å². The Balaban J connectivity index is 1.76. The second kappa shape index (κ2) is 6.43. The highest BCUT2D eigenvalue weighted by Gasteiger charge is 2.10. The molecule has 3 nitrogen and oxygen atoms in total. The fraction of sp³-hybridized carbons (Fsp3) is 0.167. The summed E-state index contributed by atoms with van der Waals surface area (Å²) in [7, 11) is 0. The number of hydrogen-bond donors (Lipinski definition) is 0. The number of benzene rings is 2. The van der Waals surface area contributed by atoms with Crippen molar-refractivity contribution >= 4 is 11.9 Å². The molecule has 0 saturated carbocycles. The van der Waals surface area contributed by atoms with E-state index in [4.69, 9.17) is 9.47 Å². The molecule has 1 aliphatic rings. The number of carbonyl (C=O) groups is 1. The molecule has 0 bridgehead atoms. The number of ketones is 1. The van der Waals surface area contributed by atoms with Crippen LogP contribution in [0, 0.1) is 5.82 Å². The van der Waals surface area contributed by atoms with Gasteiger partial charge in [0.2, 0.25) is 0 Å². The molecule has 0 N–H and O–H groups in total. The predicted molar refractivity (Wildman–Crippen MR) is 81.8 cm³/mol. The summed E-state index contributed by atoms with van der Waals surface area (Å²) in [5.41, 5.74) is 1.30. The van der Waals surface area contributed by atoms with E-state index >= 15 is 0 Å². The van der Waals surface area contributed by atoms with Gasteiger partial charge in [-0.15, -0.1) is 0 Å². The summed E-state index contributed by atoms with van der Waals surface area (Å²) in [5.74, 6) is 0.879. The van der Waals surface area contributed by atoms with Crippen LogP contribution in [0.5, 0.6) is 11.5 Å². The van der Waals surface area contributed by atoms with Crippen molar-refractivity contribution in [1.82, 2.24) is 0 Å². The van der Waals surface area contributed by atoms with Gasteiger partial charge in [0.05, 0.1) is 13.2 Å². The van der Waals surface area contributed by atoms with Crippen molar-refractivity contribution in [2.45, 2.75) is 6.42 Å². The summed E-state index contributed by atoms with van der Waals surface area (Å²) in [6.07, 6.45) is 4.02. The first-order chi connectivity index (χ1) is 10.7. The van der Waals surface area contributed by atoms with Crippen LogP contribution >= 0.6 is 0 Å². The lowest BCUT2D eigenvalue weighted by Crippen LogP contribution is -1.97. The van der Waals surface area contributed by atoms with Gasteiger partial charge in [0, 0.05) is 12.0 Å². The van der Waals surface area contributed by atoms with Gasteiger partial charge in [0.15, 0.2) is 17.3 Å². The topological polar surface area (TPSA) is 35.5 Å². The molecule has 1 heterocycles. The van der Waals surface area contributed by atoms with Crippen molar-refractivity contribution in [2.24, 2.45) is 0 Å². The number of rotatable bonds is 3. The maximum atomic E-state index is 12.8. The van der Waals surface area contributed by atoms with E-state index in [-0.39, 0.29) is 11.6 Å². The van der Waals surface area contributed by atoms with Crippen molar-refractivity contribution in [3.8, 4) is 11.5 Å². The average Bonchev–Trinajstić information content (AvgIpc) is 2.78. The lowest BCUT2D eigenvalue weighted by Gasteiger charge is -2.07. The number of halogens is 1. The third kappa shape index (κ3) is 3.34. The summed E-state index contributed by atoms with van der Waals surface area (Å²) in [6.45, 7) is 1.26. The summed E-state index contributed by atoms with van der Waals surface area (Å²) >= 11 is 0. The van der Waals surface area contributed by atoms with Crippen LogP contribution in [-0.2, 0) is 0 Å². The van der Waals surface area contributed by atoms with E-state index in [9.17, 15) is 9.18 Å². The minimum absolute atomic E-state index is 0.174. The van der Waals surface area contributed by atoms with Crippen LogP contribution in [0.2, 0.25) is 0 Å². The van der Waals surface area contributed by atoms with E-state index < -0.39 is 0 Å². The van der Waals surface area contributed by atoms with Crippen molar-refractivity contribution < 1.29 is 18.7 Å². The number of hydrogen-bond acceptors (Lipinski definition) is 3. The highest BCUT2D eigenvalue weighted by molar-refractivity contribution is 6.06. The van der Waals surface area contributed by atoms with Crippen LogP contribution in [0.3, 0.4) is 0 Å². The highest BCUT2D eigenvalue weighted by atomic mass is 19.1. The Bertz CT molecular complexity index is 705. The summed E-state index contributed by atoms with van der Waals surface area (Å²) in [5, 5.41) is 0. The minimum Gasteiger partial charge on any atom is -0.490 e. The number of allylic oxidation sites excluding steroid dienone is 1. The molecule has 4 heteroatoms. The van der Waals surface area contributed by atoms with Crippen LogP contribution in [0.1, 0.15) is 22.3 Å². The summed E-state index contributed by atoms with van der Waals surface area (Å²) < 4.78 is 24.0. The van der Waals surface area contributed by atoms with Gasteiger partial charge in [-0.25, -0.2) is 4.39 Å². The molecule has 1 aliphatic heterocycles. The molecular formula is C18H15FO3. The zero-order valence-electron chi connectivity index (χ0n) is 11.9. The molecular weight excluding hydrogens is 283 g/mol. The molecule has 0 aliphatic carbocycles. The maximum absolute atomic E-state index is 12.8. The molecule has 2 aromatic rings. The van der Waals surface area contributed by atoms with Crippen molar-refractivity contribution in [3.05, 3.63) is 65.5 Å². The van der Waals surface area contributed by atoms with E-state index in [0.717, 1.165) is 17.7 Å². The van der Waals surface area contributed by atoms with E-state index in [2.05, 4.69) is 0 Å². The van der Waals surface area contributed by atoms with Gasteiger partial charge < -0.3 is 9.47 Å². The van der Waals surface area contributed by atoms with Gasteiger partial charge in [-0.2, -0.15) is 0 Å². The average molecular weight is 298 g/mol. The van der Waals surface area contributed by atoms with Gasteiger partial charge in [-0.3, -0.25) is 4.79 Å². The van der Waals surface area contributed by atoms with Crippen LogP contribution in [0.15, 0.2) is 48.5 Å². The smallest absolute Gasteiger partial charge is 0.185 e. The van der Waals surface area contributed by atoms with Crippen LogP contribution < -0.4 is 9.47 Å². The Hall–Kier alpha value is -2.62. The van der Waals surface area contributed by atoms with E-state index in [1.54, 1.807) is 6.08 Å². The summed E-state index contributed by atoms with van der Waals surface area (Å²) in [4.78, 5) is 12.0. The normalized spacial score (nSPS) is 13.9. The van der Waals surface area contributed by atoms with Gasteiger partial charge in [-0.1, -0.05) is 12.1 Å². The third-order valence-corrected chi connectivity index (χ3v) is 3.33. The first-order valence-corrected chi connectivity index (χ1v) is 7.10. The van der Waals surface area contributed by atoms with Gasteiger partial charge in [0.25, 0.3) is 0 Å². The first kappa shape index (κ1) is 14.3. The molecule has 0 atom stereocenters. The monoisotopic (exact) mass is 298 g/mol. The first-order valence-electron chi connectivity index (χ1n) is 7.10. The highest BCUT2D eigenvalue weighted by Crippen LogP contribution is 2.30. The van der Waals surface area contributed by atoms with Gasteiger partial charge >= 0.3 is 0 Å². The molecule has 0 spiro atoms. The van der Waals surface area contributed by atoms with Crippen LogP contribution in [0.25, 0.3) is 6.08 Å². The largest absolute Gasteiger partial charge is 0.490 e.